The summed E-state index contributed by atoms with van der Waals surface area (Å²) in [5.74, 6) is 0.0382. The van der Waals surface area contributed by atoms with Crippen LogP contribution in [0.25, 0.3) is 0 Å². The summed E-state index contributed by atoms with van der Waals surface area (Å²) in [6.07, 6.45) is -3.95. The van der Waals surface area contributed by atoms with Gasteiger partial charge in [0.25, 0.3) is 0 Å². The van der Waals surface area contributed by atoms with Crippen molar-refractivity contribution >= 4 is 29.0 Å². The lowest BCUT2D eigenvalue weighted by atomic mass is 10.1. The predicted octanol–water partition coefficient (Wildman–Crippen LogP) is 4.46. The van der Waals surface area contributed by atoms with Crippen molar-refractivity contribution in [2.24, 2.45) is 0 Å². The Hall–Kier alpha value is -1.53. The number of alkyl halides is 3. The van der Waals surface area contributed by atoms with Crippen molar-refractivity contribution in [2.75, 3.05) is 11.9 Å². The number of nitrogens with one attached hydrogen (secondary N) is 1. The van der Waals surface area contributed by atoms with Gasteiger partial charge in [0, 0.05) is 17.6 Å². The van der Waals surface area contributed by atoms with Gasteiger partial charge in [0.15, 0.2) is 5.69 Å². The molecule has 0 aliphatic rings. The molecule has 0 spiro atoms. The van der Waals surface area contributed by atoms with Crippen LogP contribution in [0.3, 0.4) is 0 Å². The fourth-order valence-electron chi connectivity index (χ4n) is 1.64. The van der Waals surface area contributed by atoms with E-state index in [0.717, 1.165) is 11.6 Å². The summed E-state index contributed by atoms with van der Waals surface area (Å²) in [6.45, 7) is 0.409. The lowest BCUT2D eigenvalue weighted by Gasteiger charge is -2.10. The molecule has 0 aliphatic carbocycles. The molecule has 1 aromatic carbocycles. The highest BCUT2D eigenvalue weighted by atomic mass is 35.5. The number of hydrogen-bond donors (Lipinski definition) is 1. The fraction of sp³-hybridized carbons (Fsp3) is 0.231. The van der Waals surface area contributed by atoms with E-state index in [1.54, 1.807) is 12.1 Å². The van der Waals surface area contributed by atoms with E-state index in [-0.39, 0.29) is 5.82 Å². The summed E-state index contributed by atoms with van der Waals surface area (Å²) in [4.78, 5) is 6.87. The topological polar surface area (TPSA) is 37.8 Å². The van der Waals surface area contributed by atoms with Crippen LogP contribution < -0.4 is 5.32 Å². The summed E-state index contributed by atoms with van der Waals surface area (Å²) in [5.41, 5.74) is -0.0698. The molecule has 112 valence electrons. The zero-order chi connectivity index (χ0) is 15.5. The average Bonchev–Trinajstić information content (AvgIpc) is 2.39. The Balaban J connectivity index is 2.00. The molecule has 0 aliphatic heterocycles. The predicted molar refractivity (Wildman–Crippen MR) is 75.7 cm³/mol. The van der Waals surface area contributed by atoms with Crippen LogP contribution in [0, 0.1) is 0 Å². The van der Waals surface area contributed by atoms with Crippen molar-refractivity contribution in [3.8, 4) is 0 Å². The molecule has 1 heterocycles. The molecule has 21 heavy (non-hydrogen) atoms. The third kappa shape index (κ3) is 4.75. The van der Waals surface area contributed by atoms with Crippen LogP contribution in [0.1, 0.15) is 11.3 Å². The Morgan fingerprint density at radius 1 is 1.05 bits per heavy atom. The first-order valence-corrected chi connectivity index (χ1v) is 6.70. The summed E-state index contributed by atoms with van der Waals surface area (Å²) >= 11 is 11.3. The number of halogens is 5. The van der Waals surface area contributed by atoms with Crippen molar-refractivity contribution in [3.63, 3.8) is 0 Å². The average molecular weight is 336 g/mol. The summed E-state index contributed by atoms with van der Waals surface area (Å²) in [7, 11) is 0. The monoisotopic (exact) mass is 335 g/mol. The number of nitrogens with zero attached hydrogens (tertiary/aromatic N) is 2. The molecule has 2 aromatic rings. The third-order valence-electron chi connectivity index (χ3n) is 2.62. The van der Waals surface area contributed by atoms with Crippen molar-refractivity contribution < 1.29 is 13.2 Å². The molecule has 1 aromatic heterocycles. The minimum absolute atomic E-state index is 0.0382. The normalized spacial score (nSPS) is 11.5. The van der Waals surface area contributed by atoms with E-state index in [0.29, 0.717) is 18.0 Å². The maximum atomic E-state index is 12.6. The van der Waals surface area contributed by atoms with Crippen LogP contribution in [0.15, 0.2) is 30.3 Å². The van der Waals surface area contributed by atoms with Gasteiger partial charge in [-0.05, 0) is 35.7 Å². The molecule has 3 nitrogen and oxygen atoms in total. The van der Waals surface area contributed by atoms with E-state index in [2.05, 4.69) is 15.3 Å². The van der Waals surface area contributed by atoms with E-state index < -0.39 is 17.2 Å². The number of aromatic nitrogens is 2. The molecule has 0 amide bonds. The van der Waals surface area contributed by atoms with Crippen molar-refractivity contribution in [1.29, 1.82) is 0 Å². The standard InChI is InChI=1S/C13H10Cl2F3N3/c14-9-3-1-8(2-4-9)5-6-19-11-7-10(13(16,17)18)20-12(15)21-11/h1-4,7H,5-6H2,(H,19,20,21). The third-order valence-corrected chi connectivity index (χ3v) is 3.04. The second-order valence-electron chi connectivity index (χ2n) is 4.21. The first kappa shape index (κ1) is 15.9. The van der Waals surface area contributed by atoms with E-state index in [4.69, 9.17) is 23.2 Å². The Bertz CT molecular complexity index is 615. The molecule has 0 bridgehead atoms. The maximum Gasteiger partial charge on any atom is 0.433 e. The van der Waals surface area contributed by atoms with Crippen LogP contribution >= 0.6 is 23.2 Å². The Labute approximate surface area is 129 Å². The molecule has 0 saturated carbocycles. The highest BCUT2D eigenvalue weighted by Crippen LogP contribution is 2.29. The van der Waals surface area contributed by atoms with Gasteiger partial charge >= 0.3 is 6.18 Å². The first-order chi connectivity index (χ1) is 9.84. The van der Waals surface area contributed by atoms with Gasteiger partial charge in [-0.1, -0.05) is 23.7 Å². The lowest BCUT2D eigenvalue weighted by Crippen LogP contribution is -2.12. The lowest BCUT2D eigenvalue weighted by molar-refractivity contribution is -0.141. The highest BCUT2D eigenvalue weighted by molar-refractivity contribution is 6.30. The zero-order valence-corrected chi connectivity index (χ0v) is 12.1. The molecule has 0 radical (unpaired) electrons. The van der Waals surface area contributed by atoms with Crippen LogP contribution in [0.4, 0.5) is 19.0 Å². The quantitative estimate of drug-likeness (QED) is 0.838. The molecule has 0 atom stereocenters. The van der Waals surface area contributed by atoms with E-state index in [1.165, 1.54) is 0 Å². The molecular formula is C13H10Cl2F3N3. The Morgan fingerprint density at radius 3 is 2.33 bits per heavy atom. The number of hydrogen-bond acceptors (Lipinski definition) is 3. The fourth-order valence-corrected chi connectivity index (χ4v) is 1.95. The van der Waals surface area contributed by atoms with E-state index in [1.807, 2.05) is 12.1 Å². The molecule has 0 fully saturated rings. The van der Waals surface area contributed by atoms with Gasteiger partial charge in [0.1, 0.15) is 5.82 Å². The van der Waals surface area contributed by atoms with E-state index in [9.17, 15) is 13.2 Å². The van der Waals surface area contributed by atoms with Crippen LogP contribution in [-0.4, -0.2) is 16.5 Å². The highest BCUT2D eigenvalue weighted by Gasteiger charge is 2.33. The van der Waals surface area contributed by atoms with E-state index >= 15 is 0 Å². The molecule has 1 N–H and O–H groups in total. The van der Waals surface area contributed by atoms with Crippen LogP contribution in [0.5, 0.6) is 0 Å². The van der Waals surface area contributed by atoms with Gasteiger partial charge in [-0.2, -0.15) is 13.2 Å². The van der Waals surface area contributed by atoms with Gasteiger partial charge in [-0.15, -0.1) is 0 Å². The summed E-state index contributed by atoms with van der Waals surface area (Å²) in [6, 6.07) is 8.02. The SMILES string of the molecule is FC(F)(F)c1cc(NCCc2ccc(Cl)cc2)nc(Cl)n1. The van der Waals surface area contributed by atoms with Crippen LogP contribution in [-0.2, 0) is 12.6 Å². The smallest absolute Gasteiger partial charge is 0.370 e. The molecular weight excluding hydrogens is 326 g/mol. The second-order valence-corrected chi connectivity index (χ2v) is 4.98. The molecule has 0 saturated heterocycles. The van der Waals surface area contributed by atoms with Gasteiger partial charge in [0.05, 0.1) is 0 Å². The molecule has 2 rings (SSSR count). The Morgan fingerprint density at radius 2 is 1.71 bits per heavy atom. The number of anilines is 1. The summed E-state index contributed by atoms with van der Waals surface area (Å²) in [5, 5.41) is 2.98. The zero-order valence-electron chi connectivity index (χ0n) is 10.6. The number of benzene rings is 1. The number of rotatable bonds is 4. The maximum absolute atomic E-state index is 12.6. The van der Waals surface area contributed by atoms with Crippen molar-refractivity contribution in [3.05, 3.63) is 51.9 Å². The summed E-state index contributed by atoms with van der Waals surface area (Å²) < 4.78 is 37.8. The minimum Gasteiger partial charge on any atom is -0.370 e. The largest absolute Gasteiger partial charge is 0.433 e. The van der Waals surface area contributed by atoms with Crippen molar-refractivity contribution in [2.45, 2.75) is 12.6 Å². The second kappa shape index (κ2) is 6.49. The first-order valence-electron chi connectivity index (χ1n) is 5.95. The van der Waals surface area contributed by atoms with Gasteiger partial charge < -0.3 is 5.32 Å². The van der Waals surface area contributed by atoms with Crippen LogP contribution in [0.2, 0.25) is 10.3 Å². The van der Waals surface area contributed by atoms with Gasteiger partial charge in [-0.3, -0.25) is 0 Å². The van der Waals surface area contributed by atoms with Gasteiger partial charge in [-0.25, -0.2) is 9.97 Å². The molecule has 0 unspecified atom stereocenters. The van der Waals surface area contributed by atoms with Gasteiger partial charge in [0.2, 0.25) is 5.28 Å². The van der Waals surface area contributed by atoms with Crippen molar-refractivity contribution in [1.82, 2.24) is 9.97 Å². The Kier molecular flexibility index (Phi) is 4.90. The molecule has 8 heteroatoms. The minimum atomic E-state index is -4.56.